The Hall–Kier alpha value is -2.01. The minimum Gasteiger partial charge on any atom is -0.493 e. The van der Waals surface area contributed by atoms with Gasteiger partial charge in [0, 0.05) is 16.8 Å². The SMILES string of the molecule is CCCCc1cc2c(s1)C(=O)N[C@H]1CCc3cc(OC)c(OC)cc3[C@H]21. The summed E-state index contributed by atoms with van der Waals surface area (Å²) in [4.78, 5) is 14.8. The molecule has 1 aromatic heterocycles. The highest BCUT2D eigenvalue weighted by atomic mass is 32.1. The quantitative estimate of drug-likeness (QED) is 0.852. The maximum absolute atomic E-state index is 12.6. The molecule has 0 bridgehead atoms. The number of thiophene rings is 1. The van der Waals surface area contributed by atoms with Crippen molar-refractivity contribution in [3.63, 3.8) is 0 Å². The summed E-state index contributed by atoms with van der Waals surface area (Å²) in [5.41, 5.74) is 3.76. The predicted molar refractivity (Wildman–Crippen MR) is 104 cm³/mol. The van der Waals surface area contributed by atoms with Crippen LogP contribution < -0.4 is 14.8 Å². The Kier molecular flexibility index (Phi) is 4.65. The van der Waals surface area contributed by atoms with E-state index in [1.165, 1.54) is 28.0 Å². The van der Waals surface area contributed by atoms with Gasteiger partial charge in [0.25, 0.3) is 5.91 Å². The number of benzene rings is 1. The highest BCUT2D eigenvalue weighted by Crippen LogP contribution is 2.46. The zero-order valence-corrected chi connectivity index (χ0v) is 16.4. The molecule has 0 fully saturated rings. The van der Waals surface area contributed by atoms with Gasteiger partial charge < -0.3 is 14.8 Å². The molecule has 0 radical (unpaired) electrons. The maximum atomic E-state index is 12.6. The summed E-state index contributed by atoms with van der Waals surface area (Å²) in [6.07, 6.45) is 5.28. The third-order valence-corrected chi connectivity index (χ3v) is 6.76. The van der Waals surface area contributed by atoms with E-state index in [9.17, 15) is 4.79 Å². The molecular weight excluding hydrogens is 346 g/mol. The summed E-state index contributed by atoms with van der Waals surface area (Å²) in [5.74, 6) is 1.83. The maximum Gasteiger partial charge on any atom is 0.261 e. The van der Waals surface area contributed by atoms with Gasteiger partial charge in [0.05, 0.1) is 19.1 Å². The second-order valence-electron chi connectivity index (χ2n) is 7.10. The number of aryl methyl sites for hydroxylation is 2. The molecule has 0 unspecified atom stereocenters. The van der Waals surface area contributed by atoms with Crippen molar-refractivity contribution >= 4 is 17.2 Å². The smallest absolute Gasteiger partial charge is 0.261 e. The van der Waals surface area contributed by atoms with Gasteiger partial charge in [-0.3, -0.25) is 4.79 Å². The minimum atomic E-state index is 0.0953. The molecule has 4 rings (SSSR count). The van der Waals surface area contributed by atoms with Crippen molar-refractivity contribution in [3.8, 4) is 11.5 Å². The molecule has 26 heavy (non-hydrogen) atoms. The molecule has 4 nitrogen and oxygen atoms in total. The number of methoxy groups -OCH3 is 2. The largest absolute Gasteiger partial charge is 0.493 e. The van der Waals surface area contributed by atoms with Crippen LogP contribution in [0.4, 0.5) is 0 Å². The first-order valence-corrected chi connectivity index (χ1v) is 10.2. The number of ether oxygens (including phenoxy) is 2. The lowest BCUT2D eigenvalue weighted by molar-refractivity contribution is 0.0919. The highest BCUT2D eigenvalue weighted by molar-refractivity contribution is 7.14. The molecule has 138 valence electrons. The van der Waals surface area contributed by atoms with Crippen molar-refractivity contribution in [1.29, 1.82) is 0 Å². The lowest BCUT2D eigenvalue weighted by atomic mass is 9.73. The third-order valence-electron chi connectivity index (χ3n) is 5.55. The predicted octanol–water partition coefficient (Wildman–Crippen LogP) is 4.30. The number of fused-ring (bicyclic) bond motifs is 5. The van der Waals surface area contributed by atoms with E-state index < -0.39 is 0 Å². The first kappa shape index (κ1) is 17.4. The van der Waals surface area contributed by atoms with Gasteiger partial charge in [0.1, 0.15) is 0 Å². The zero-order valence-electron chi connectivity index (χ0n) is 15.6. The van der Waals surface area contributed by atoms with Crippen LogP contribution in [-0.2, 0) is 12.8 Å². The topological polar surface area (TPSA) is 47.6 Å². The Balaban J connectivity index is 1.81. The molecule has 1 aliphatic heterocycles. The van der Waals surface area contributed by atoms with E-state index in [-0.39, 0.29) is 17.9 Å². The molecule has 1 amide bonds. The number of hydrogen-bond acceptors (Lipinski definition) is 4. The Morgan fingerprint density at radius 3 is 2.65 bits per heavy atom. The summed E-state index contributed by atoms with van der Waals surface area (Å²) in [7, 11) is 3.35. The number of carbonyl (C=O) groups excluding carboxylic acids is 1. The Bertz CT molecular complexity index is 842. The van der Waals surface area contributed by atoms with E-state index in [0.717, 1.165) is 42.1 Å². The van der Waals surface area contributed by atoms with E-state index in [4.69, 9.17) is 9.47 Å². The second-order valence-corrected chi connectivity index (χ2v) is 8.24. The van der Waals surface area contributed by atoms with E-state index in [1.807, 2.05) is 0 Å². The van der Waals surface area contributed by atoms with Crippen LogP contribution in [0.1, 0.15) is 63.3 Å². The van der Waals surface area contributed by atoms with Crippen LogP contribution in [0.15, 0.2) is 18.2 Å². The Labute approximate surface area is 158 Å². The average Bonchev–Trinajstić information content (AvgIpc) is 3.09. The van der Waals surface area contributed by atoms with E-state index in [1.54, 1.807) is 25.6 Å². The number of amides is 1. The van der Waals surface area contributed by atoms with Crippen molar-refractivity contribution in [2.45, 2.75) is 51.0 Å². The number of unbranched alkanes of at least 4 members (excludes halogenated alkanes) is 1. The normalized spacial score (nSPS) is 20.7. The van der Waals surface area contributed by atoms with Crippen molar-refractivity contribution in [2.24, 2.45) is 0 Å². The minimum absolute atomic E-state index is 0.0953. The summed E-state index contributed by atoms with van der Waals surface area (Å²) in [5, 5.41) is 3.25. The fourth-order valence-corrected chi connectivity index (χ4v) is 5.40. The molecule has 5 heteroatoms. The first-order valence-electron chi connectivity index (χ1n) is 9.34. The number of hydrogen-bond donors (Lipinski definition) is 1. The van der Waals surface area contributed by atoms with E-state index in [0.29, 0.717) is 0 Å². The standard InChI is InChI=1S/C21H25NO3S/c1-4-5-6-13-10-15-19-14-11-18(25-3)17(24-2)9-12(14)7-8-16(19)22-21(23)20(15)26-13/h9-11,16,19H,4-8H2,1-3H3,(H,22,23)/t16-,19+/m0/s1. The molecule has 2 aliphatic rings. The average molecular weight is 372 g/mol. The number of nitrogens with one attached hydrogen (secondary N) is 1. The zero-order chi connectivity index (χ0) is 18.3. The van der Waals surface area contributed by atoms with Gasteiger partial charge in [-0.15, -0.1) is 11.3 Å². The van der Waals surface area contributed by atoms with E-state index >= 15 is 0 Å². The molecule has 2 atom stereocenters. The van der Waals surface area contributed by atoms with Crippen molar-refractivity contribution in [2.75, 3.05) is 14.2 Å². The summed E-state index contributed by atoms with van der Waals surface area (Å²) < 4.78 is 11.0. The molecule has 0 saturated heterocycles. The van der Waals surface area contributed by atoms with Crippen LogP contribution in [0.3, 0.4) is 0 Å². The lowest BCUT2D eigenvalue weighted by Gasteiger charge is -2.38. The molecule has 1 N–H and O–H groups in total. The van der Waals surface area contributed by atoms with Crippen LogP contribution in [0, 0.1) is 0 Å². The second kappa shape index (κ2) is 6.95. The van der Waals surface area contributed by atoms with Crippen LogP contribution in [0.5, 0.6) is 11.5 Å². The van der Waals surface area contributed by atoms with Gasteiger partial charge in [-0.25, -0.2) is 0 Å². The first-order chi connectivity index (χ1) is 12.7. The fraction of sp³-hybridized carbons (Fsp3) is 0.476. The molecule has 1 aliphatic carbocycles. The molecular formula is C21H25NO3S. The molecule has 2 aromatic rings. The van der Waals surface area contributed by atoms with Gasteiger partial charge in [-0.1, -0.05) is 13.3 Å². The van der Waals surface area contributed by atoms with Gasteiger partial charge in [0.2, 0.25) is 0 Å². The van der Waals surface area contributed by atoms with Crippen molar-refractivity contribution in [3.05, 3.63) is 44.6 Å². The molecule has 1 aromatic carbocycles. The summed E-state index contributed by atoms with van der Waals surface area (Å²) in [6, 6.07) is 6.65. The molecule has 0 spiro atoms. The van der Waals surface area contributed by atoms with Gasteiger partial charge in [0.15, 0.2) is 11.5 Å². The monoisotopic (exact) mass is 371 g/mol. The third kappa shape index (κ3) is 2.78. The Morgan fingerprint density at radius 1 is 1.15 bits per heavy atom. The number of carbonyl (C=O) groups is 1. The number of rotatable bonds is 5. The lowest BCUT2D eigenvalue weighted by Crippen LogP contribution is -2.46. The van der Waals surface area contributed by atoms with Crippen LogP contribution in [0.2, 0.25) is 0 Å². The molecule has 0 saturated carbocycles. The Morgan fingerprint density at radius 2 is 1.92 bits per heavy atom. The van der Waals surface area contributed by atoms with Crippen molar-refractivity contribution in [1.82, 2.24) is 5.32 Å². The van der Waals surface area contributed by atoms with Gasteiger partial charge in [-0.05, 0) is 60.6 Å². The van der Waals surface area contributed by atoms with Gasteiger partial charge in [-0.2, -0.15) is 0 Å². The van der Waals surface area contributed by atoms with Crippen molar-refractivity contribution < 1.29 is 14.3 Å². The van der Waals surface area contributed by atoms with Crippen LogP contribution in [0.25, 0.3) is 0 Å². The van der Waals surface area contributed by atoms with E-state index in [2.05, 4.69) is 30.4 Å². The summed E-state index contributed by atoms with van der Waals surface area (Å²) >= 11 is 1.66. The van der Waals surface area contributed by atoms with Gasteiger partial charge >= 0.3 is 0 Å². The molecule has 2 heterocycles. The highest BCUT2D eigenvalue weighted by Gasteiger charge is 2.40. The van der Waals surface area contributed by atoms with Crippen LogP contribution >= 0.6 is 11.3 Å². The van der Waals surface area contributed by atoms with Crippen LogP contribution in [-0.4, -0.2) is 26.2 Å². The fourth-order valence-electron chi connectivity index (χ4n) is 4.25. The summed E-state index contributed by atoms with van der Waals surface area (Å²) in [6.45, 7) is 2.20.